The van der Waals surface area contributed by atoms with E-state index in [4.69, 9.17) is 4.74 Å². The minimum absolute atomic E-state index is 0.230. The molecule has 0 spiro atoms. The molecule has 0 radical (unpaired) electrons. The smallest absolute Gasteiger partial charge is 0.227 e. The second-order valence-corrected chi connectivity index (χ2v) is 7.44. The van der Waals surface area contributed by atoms with E-state index in [1.807, 2.05) is 35.2 Å². The van der Waals surface area contributed by atoms with E-state index in [-0.39, 0.29) is 5.91 Å². The van der Waals surface area contributed by atoms with Crippen molar-refractivity contribution in [3.63, 3.8) is 0 Å². The Labute approximate surface area is 166 Å². The molecular formula is C24H27N2O2+. The molecule has 1 fully saturated rings. The monoisotopic (exact) mass is 375 g/mol. The standard InChI is InChI=1S/C24H26N2O2/c1-28-23-12-11-20-9-5-6-10-21(20)22(23)18-25-13-15-26(16-14-25)24(27)17-19-7-3-2-4-8-19/h2-12H,13-18H2,1H3/p+1. The molecule has 0 bridgehead atoms. The van der Waals surface area contributed by atoms with Crippen LogP contribution < -0.4 is 9.64 Å². The van der Waals surface area contributed by atoms with E-state index in [1.165, 1.54) is 21.2 Å². The van der Waals surface area contributed by atoms with Crippen LogP contribution in [-0.4, -0.2) is 44.1 Å². The van der Waals surface area contributed by atoms with Gasteiger partial charge in [-0.25, -0.2) is 0 Å². The zero-order chi connectivity index (χ0) is 19.3. The van der Waals surface area contributed by atoms with Crippen molar-refractivity contribution in [2.24, 2.45) is 0 Å². The van der Waals surface area contributed by atoms with Gasteiger partial charge in [0.25, 0.3) is 0 Å². The Bertz CT molecular complexity index is 947. The molecule has 1 amide bonds. The molecular weight excluding hydrogens is 348 g/mol. The molecule has 1 aliphatic rings. The van der Waals surface area contributed by atoms with Crippen LogP contribution in [0.2, 0.25) is 0 Å². The van der Waals surface area contributed by atoms with E-state index >= 15 is 0 Å². The van der Waals surface area contributed by atoms with Crippen molar-refractivity contribution in [3.05, 3.63) is 77.9 Å². The summed E-state index contributed by atoms with van der Waals surface area (Å²) in [6.07, 6.45) is 0.493. The molecule has 1 N–H and O–H groups in total. The zero-order valence-electron chi connectivity index (χ0n) is 16.4. The highest BCUT2D eigenvalue weighted by Crippen LogP contribution is 2.27. The van der Waals surface area contributed by atoms with Crippen LogP contribution in [0.5, 0.6) is 5.75 Å². The largest absolute Gasteiger partial charge is 0.496 e. The lowest BCUT2D eigenvalue weighted by atomic mass is 10.0. The Morgan fingerprint density at radius 3 is 2.43 bits per heavy atom. The molecule has 144 valence electrons. The highest BCUT2D eigenvalue weighted by Gasteiger charge is 2.25. The first-order chi connectivity index (χ1) is 13.7. The van der Waals surface area contributed by atoms with E-state index in [9.17, 15) is 4.79 Å². The van der Waals surface area contributed by atoms with Gasteiger partial charge < -0.3 is 14.5 Å². The fourth-order valence-electron chi connectivity index (χ4n) is 4.07. The SMILES string of the molecule is COc1ccc2ccccc2c1C[NH+]1CCN(C(=O)Cc2ccccc2)CC1. The van der Waals surface area contributed by atoms with Gasteiger partial charge in [0.05, 0.1) is 45.3 Å². The average Bonchev–Trinajstić information content (AvgIpc) is 2.75. The predicted molar refractivity (Wildman–Crippen MR) is 112 cm³/mol. The van der Waals surface area contributed by atoms with Crippen molar-refractivity contribution in [2.75, 3.05) is 33.3 Å². The van der Waals surface area contributed by atoms with Gasteiger partial charge in [-0.2, -0.15) is 0 Å². The lowest BCUT2D eigenvalue weighted by Gasteiger charge is -2.32. The van der Waals surface area contributed by atoms with Gasteiger partial charge in [0, 0.05) is 0 Å². The molecule has 1 aliphatic heterocycles. The number of benzene rings is 3. The van der Waals surface area contributed by atoms with Gasteiger partial charge >= 0.3 is 0 Å². The van der Waals surface area contributed by atoms with Crippen molar-refractivity contribution in [2.45, 2.75) is 13.0 Å². The summed E-state index contributed by atoms with van der Waals surface area (Å²) in [5, 5.41) is 2.51. The average molecular weight is 375 g/mol. The molecule has 0 saturated carbocycles. The van der Waals surface area contributed by atoms with Crippen LogP contribution >= 0.6 is 0 Å². The van der Waals surface area contributed by atoms with E-state index in [1.54, 1.807) is 7.11 Å². The summed E-state index contributed by atoms with van der Waals surface area (Å²) in [6, 6.07) is 22.7. The minimum atomic E-state index is 0.230. The summed E-state index contributed by atoms with van der Waals surface area (Å²) in [5.41, 5.74) is 2.35. The molecule has 0 aromatic heterocycles. The summed E-state index contributed by atoms with van der Waals surface area (Å²) < 4.78 is 5.64. The van der Waals surface area contributed by atoms with Crippen LogP contribution in [0.1, 0.15) is 11.1 Å². The van der Waals surface area contributed by atoms with Gasteiger partial charge in [-0.3, -0.25) is 4.79 Å². The van der Waals surface area contributed by atoms with E-state index < -0.39 is 0 Å². The highest BCUT2D eigenvalue weighted by molar-refractivity contribution is 5.87. The maximum atomic E-state index is 12.6. The van der Waals surface area contributed by atoms with E-state index in [0.717, 1.165) is 44.0 Å². The molecule has 3 aromatic carbocycles. The summed E-state index contributed by atoms with van der Waals surface area (Å²) in [4.78, 5) is 16.1. The zero-order valence-corrected chi connectivity index (χ0v) is 16.4. The third-order valence-corrected chi connectivity index (χ3v) is 5.67. The normalized spacial score (nSPS) is 15.0. The number of quaternary nitrogens is 1. The van der Waals surface area contributed by atoms with Crippen LogP contribution in [0.25, 0.3) is 10.8 Å². The summed E-state index contributed by atoms with van der Waals surface area (Å²) >= 11 is 0. The summed E-state index contributed by atoms with van der Waals surface area (Å²) in [6.45, 7) is 4.48. The molecule has 4 rings (SSSR count). The van der Waals surface area contributed by atoms with Crippen LogP contribution in [0.15, 0.2) is 66.7 Å². The number of nitrogens with one attached hydrogen (secondary N) is 1. The first-order valence-corrected chi connectivity index (χ1v) is 9.94. The molecule has 28 heavy (non-hydrogen) atoms. The lowest BCUT2D eigenvalue weighted by molar-refractivity contribution is -0.917. The van der Waals surface area contributed by atoms with Gasteiger partial charge in [-0.1, -0.05) is 60.7 Å². The molecule has 0 atom stereocenters. The lowest BCUT2D eigenvalue weighted by Crippen LogP contribution is -3.13. The second-order valence-electron chi connectivity index (χ2n) is 7.44. The predicted octanol–water partition coefficient (Wildman–Crippen LogP) is 2.32. The Hall–Kier alpha value is -2.85. The molecule has 3 aromatic rings. The van der Waals surface area contributed by atoms with Gasteiger partial charge in [0.1, 0.15) is 12.3 Å². The molecule has 4 nitrogen and oxygen atoms in total. The number of carbonyl (C=O) groups excluding carboxylic acids is 1. The van der Waals surface area contributed by atoms with Crippen LogP contribution in [-0.2, 0) is 17.8 Å². The molecule has 4 heteroatoms. The van der Waals surface area contributed by atoms with Gasteiger partial charge in [-0.15, -0.1) is 0 Å². The molecule has 1 heterocycles. The fourth-order valence-corrected chi connectivity index (χ4v) is 4.07. The third kappa shape index (κ3) is 4.02. The summed E-state index contributed by atoms with van der Waals surface area (Å²) in [5.74, 6) is 1.18. The van der Waals surface area contributed by atoms with Crippen molar-refractivity contribution in [3.8, 4) is 5.75 Å². The maximum Gasteiger partial charge on any atom is 0.227 e. The van der Waals surface area contributed by atoms with Crippen molar-refractivity contribution in [1.82, 2.24) is 4.90 Å². The van der Waals surface area contributed by atoms with Gasteiger partial charge in [0.2, 0.25) is 5.91 Å². The Balaban J connectivity index is 1.41. The number of methoxy groups -OCH3 is 1. The van der Waals surface area contributed by atoms with Crippen LogP contribution in [0.3, 0.4) is 0 Å². The van der Waals surface area contributed by atoms with Crippen molar-refractivity contribution in [1.29, 1.82) is 0 Å². The van der Waals surface area contributed by atoms with E-state index in [2.05, 4.69) is 36.4 Å². The number of nitrogens with zero attached hydrogens (tertiary/aromatic N) is 1. The van der Waals surface area contributed by atoms with E-state index in [0.29, 0.717) is 6.42 Å². The number of carbonyl (C=O) groups is 1. The number of rotatable bonds is 5. The molecule has 0 unspecified atom stereocenters. The fraction of sp³-hybridized carbons (Fsp3) is 0.292. The Kier molecular flexibility index (Phi) is 5.58. The van der Waals surface area contributed by atoms with Crippen LogP contribution in [0, 0.1) is 0 Å². The first-order valence-electron chi connectivity index (χ1n) is 9.94. The number of ether oxygens (including phenoxy) is 1. The molecule has 0 aliphatic carbocycles. The summed E-state index contributed by atoms with van der Waals surface area (Å²) in [7, 11) is 1.74. The Morgan fingerprint density at radius 2 is 1.68 bits per heavy atom. The topological polar surface area (TPSA) is 34.0 Å². The highest BCUT2D eigenvalue weighted by atomic mass is 16.5. The number of hydrogen-bond donors (Lipinski definition) is 1. The molecule has 1 saturated heterocycles. The quantitative estimate of drug-likeness (QED) is 0.743. The van der Waals surface area contributed by atoms with Gasteiger partial charge in [0.15, 0.2) is 0 Å². The van der Waals surface area contributed by atoms with Crippen LogP contribution in [0.4, 0.5) is 0 Å². The van der Waals surface area contributed by atoms with Gasteiger partial charge in [-0.05, 0) is 22.4 Å². The minimum Gasteiger partial charge on any atom is -0.496 e. The number of amides is 1. The van der Waals surface area contributed by atoms with Crippen molar-refractivity contribution < 1.29 is 14.4 Å². The maximum absolute atomic E-state index is 12.6. The Morgan fingerprint density at radius 1 is 0.964 bits per heavy atom. The second kappa shape index (κ2) is 8.44. The first kappa shape index (κ1) is 18.5. The van der Waals surface area contributed by atoms with Crippen molar-refractivity contribution >= 4 is 16.7 Å². The number of fused-ring (bicyclic) bond motifs is 1. The third-order valence-electron chi connectivity index (χ3n) is 5.67. The number of hydrogen-bond acceptors (Lipinski definition) is 2. The number of piperazine rings is 1.